The zero-order chi connectivity index (χ0) is 29.4. The van der Waals surface area contributed by atoms with Crippen molar-refractivity contribution in [2.45, 2.75) is 102 Å². The number of fused-ring (bicyclic) bond motifs is 1. The molecule has 0 bridgehead atoms. The second-order valence-electron chi connectivity index (χ2n) is 12.3. The van der Waals surface area contributed by atoms with Crippen LogP contribution in [0.5, 0.6) is 0 Å². The molecule has 6 nitrogen and oxygen atoms in total. The fourth-order valence-electron chi connectivity index (χ4n) is 4.44. The number of alkyl halides is 2. The van der Waals surface area contributed by atoms with Crippen LogP contribution in [-0.4, -0.2) is 50.8 Å². The number of ether oxygens (including phenoxy) is 3. The summed E-state index contributed by atoms with van der Waals surface area (Å²) in [6.07, 6.45) is -4.31. The van der Waals surface area contributed by atoms with Crippen molar-refractivity contribution in [3.63, 3.8) is 0 Å². The summed E-state index contributed by atoms with van der Waals surface area (Å²) < 4.78 is 69.7. The molecule has 0 N–H and O–H groups in total. The number of benzene rings is 2. The van der Waals surface area contributed by atoms with E-state index in [-0.39, 0.29) is 24.9 Å². The fraction of sp³-hybridized carbons (Fsp3) is 0.586. The van der Waals surface area contributed by atoms with Gasteiger partial charge in [-0.1, -0.05) is 81.4 Å². The van der Waals surface area contributed by atoms with Crippen LogP contribution in [0.2, 0.25) is 18.1 Å². The average molecular weight is 615 g/mol. The van der Waals surface area contributed by atoms with Gasteiger partial charge in [0.25, 0.3) is 6.49 Å². The Morgan fingerprint density at radius 3 is 1.82 bits per heavy atom. The summed E-state index contributed by atoms with van der Waals surface area (Å²) in [6, 6.07) is 18.1. The molecule has 2 aliphatic heterocycles. The Labute approximate surface area is 242 Å². The first-order chi connectivity index (χ1) is 18.5. The summed E-state index contributed by atoms with van der Waals surface area (Å²) in [6.45, 7) is 9.58. The van der Waals surface area contributed by atoms with Gasteiger partial charge in [-0.25, -0.2) is 0 Å². The quantitative estimate of drug-likeness (QED) is 0.191. The lowest BCUT2D eigenvalue weighted by atomic mass is 10.1. The Kier molecular flexibility index (Phi) is 9.48. The predicted octanol–water partition coefficient (Wildman–Crippen LogP) is 7.63. The maximum Gasteiger partial charge on any atom is 0.348 e. The van der Waals surface area contributed by atoms with Crippen LogP contribution < -0.4 is 0 Å². The van der Waals surface area contributed by atoms with Crippen molar-refractivity contribution >= 4 is 26.6 Å². The summed E-state index contributed by atoms with van der Waals surface area (Å²) >= 11 is 5.62. The van der Waals surface area contributed by atoms with Gasteiger partial charge in [-0.15, -0.1) is 0 Å². The number of halogens is 2. The molecule has 2 aliphatic rings. The molecule has 40 heavy (non-hydrogen) atoms. The van der Waals surface area contributed by atoms with Crippen molar-refractivity contribution < 1.29 is 36.5 Å². The number of hydrogen-bond acceptors (Lipinski definition) is 7. The van der Waals surface area contributed by atoms with Crippen LogP contribution >= 0.6 is 6.49 Å². The highest BCUT2D eigenvalue weighted by Gasteiger charge is 2.68. The summed E-state index contributed by atoms with van der Waals surface area (Å²) in [5, 5.41) is -0.0570. The molecule has 11 heteroatoms. The Morgan fingerprint density at radius 1 is 0.875 bits per heavy atom. The Hall–Kier alpha value is -1.07. The molecule has 0 aromatic heterocycles. The largest absolute Gasteiger partial charge is 0.414 e. The maximum absolute atomic E-state index is 16.7. The monoisotopic (exact) mass is 614 g/mol. The third kappa shape index (κ3) is 6.93. The van der Waals surface area contributed by atoms with Gasteiger partial charge in [-0.05, 0) is 54.9 Å². The summed E-state index contributed by atoms with van der Waals surface area (Å²) in [5.74, 6) is -1.07. The fourth-order valence-corrected chi connectivity index (χ4v) is 7.65. The van der Waals surface area contributed by atoms with Gasteiger partial charge in [-0.2, -0.15) is 8.78 Å². The maximum atomic E-state index is 16.7. The van der Waals surface area contributed by atoms with Gasteiger partial charge < -0.3 is 27.7 Å². The van der Waals surface area contributed by atoms with E-state index in [9.17, 15) is 0 Å². The highest BCUT2D eigenvalue weighted by molar-refractivity contribution is 8.10. The van der Waals surface area contributed by atoms with Gasteiger partial charge in [0.1, 0.15) is 18.3 Å². The molecular weight excluding hydrogens is 573 g/mol. The molecule has 0 saturated carbocycles. The van der Waals surface area contributed by atoms with Crippen LogP contribution in [0.15, 0.2) is 60.7 Å². The van der Waals surface area contributed by atoms with Gasteiger partial charge in [0.15, 0.2) is 20.2 Å². The van der Waals surface area contributed by atoms with Crippen molar-refractivity contribution in [1.29, 1.82) is 0 Å². The second kappa shape index (κ2) is 11.9. The first-order valence-corrected chi connectivity index (χ1v) is 19.1. The zero-order valence-electron chi connectivity index (χ0n) is 24.3. The molecule has 2 saturated heterocycles. The highest BCUT2D eigenvalue weighted by Crippen LogP contribution is 2.67. The average Bonchev–Trinajstić information content (AvgIpc) is 3.38. The summed E-state index contributed by atoms with van der Waals surface area (Å²) in [4.78, 5) is 0. The van der Waals surface area contributed by atoms with Crippen LogP contribution in [0.3, 0.4) is 0 Å². The first-order valence-electron chi connectivity index (χ1n) is 13.5. The van der Waals surface area contributed by atoms with Crippen LogP contribution in [-0.2, 0) is 52.7 Å². The van der Waals surface area contributed by atoms with E-state index in [4.69, 9.17) is 39.5 Å². The normalized spacial score (nSPS) is 25.2. The van der Waals surface area contributed by atoms with Gasteiger partial charge in [0.05, 0.1) is 19.8 Å². The Bertz CT molecular complexity index is 1130. The van der Waals surface area contributed by atoms with E-state index in [2.05, 4.69) is 33.9 Å². The Morgan fingerprint density at radius 2 is 1.35 bits per heavy atom. The molecule has 0 aliphatic carbocycles. The van der Waals surface area contributed by atoms with Crippen LogP contribution in [0.1, 0.15) is 45.7 Å². The van der Waals surface area contributed by atoms with E-state index in [1.807, 2.05) is 36.4 Å². The topological polar surface area (TPSA) is 55.4 Å². The van der Waals surface area contributed by atoms with Gasteiger partial charge in [0, 0.05) is 0 Å². The molecule has 0 spiro atoms. The van der Waals surface area contributed by atoms with Crippen molar-refractivity contribution in [2.75, 3.05) is 6.61 Å². The van der Waals surface area contributed by atoms with Crippen molar-refractivity contribution in [2.24, 2.45) is 0 Å². The SMILES string of the molecule is CC1(C)O[C@@H]2[C@@H](CO[Si](C)(C)C(C)(C)C)OC(C(F)(F)P(=S)(OCc3ccccc3)OCc3ccccc3)[C@@H]2O1. The summed E-state index contributed by atoms with van der Waals surface area (Å²) in [5.41, 5.74) is -2.27. The lowest BCUT2D eigenvalue weighted by molar-refractivity contribution is -0.210. The van der Waals surface area contributed by atoms with Crippen LogP contribution in [0.4, 0.5) is 8.78 Å². The van der Waals surface area contributed by atoms with E-state index in [1.165, 1.54) is 0 Å². The third-order valence-electron chi connectivity index (χ3n) is 7.76. The molecule has 4 atom stereocenters. The Balaban J connectivity index is 1.61. The van der Waals surface area contributed by atoms with Crippen molar-refractivity contribution in [1.82, 2.24) is 0 Å². The molecule has 2 aromatic carbocycles. The zero-order valence-corrected chi connectivity index (χ0v) is 27.0. The number of rotatable bonds is 11. The molecule has 4 rings (SSSR count). The standard InChI is InChI=1S/C29H41F2O6PSSi/c1-27(2,3)40(6,7)34-20-23-24-25(37-28(4,5)36-24)26(35-23)29(30,31)38(39,32-18-21-14-10-8-11-15-21)33-19-22-16-12-9-13-17-22/h8-17,23-26H,18-20H2,1-7H3/t23-,24-,25-,26?/m1/s1. The minimum Gasteiger partial charge on any atom is -0.414 e. The molecule has 2 heterocycles. The van der Waals surface area contributed by atoms with Gasteiger partial charge >= 0.3 is 5.66 Å². The predicted molar refractivity (Wildman–Crippen MR) is 157 cm³/mol. The molecule has 1 unspecified atom stereocenters. The van der Waals surface area contributed by atoms with Crippen LogP contribution in [0, 0.1) is 0 Å². The molecule has 2 aromatic rings. The first kappa shape index (κ1) is 31.9. The van der Waals surface area contributed by atoms with Crippen molar-refractivity contribution in [3.8, 4) is 0 Å². The lowest BCUT2D eigenvalue weighted by Gasteiger charge is -2.38. The highest BCUT2D eigenvalue weighted by atomic mass is 32.5. The van der Waals surface area contributed by atoms with Gasteiger partial charge in [-0.3, -0.25) is 0 Å². The van der Waals surface area contributed by atoms with Gasteiger partial charge in [0.2, 0.25) is 0 Å². The van der Waals surface area contributed by atoms with E-state index in [1.54, 1.807) is 38.1 Å². The third-order valence-corrected chi connectivity index (χ3v) is 15.5. The lowest BCUT2D eigenvalue weighted by Crippen LogP contribution is -2.44. The summed E-state index contributed by atoms with van der Waals surface area (Å²) in [7, 11) is -2.18. The molecule has 2 fully saturated rings. The molecule has 0 radical (unpaired) electrons. The van der Waals surface area contributed by atoms with E-state index in [0.717, 1.165) is 0 Å². The number of hydrogen-bond donors (Lipinski definition) is 0. The minimum absolute atomic E-state index is 0.0570. The van der Waals surface area contributed by atoms with E-state index >= 15 is 8.78 Å². The second-order valence-corrected chi connectivity index (χ2v) is 20.7. The molecule has 222 valence electrons. The van der Waals surface area contributed by atoms with Crippen LogP contribution in [0.25, 0.3) is 0 Å². The smallest absolute Gasteiger partial charge is 0.348 e. The van der Waals surface area contributed by atoms with Crippen molar-refractivity contribution in [3.05, 3.63) is 71.8 Å². The molecular formula is C29H41F2O6PSSi. The van der Waals surface area contributed by atoms with E-state index in [0.29, 0.717) is 11.1 Å². The molecule has 0 amide bonds. The minimum atomic E-state index is -4.29. The van der Waals surface area contributed by atoms with E-state index < -0.39 is 50.7 Å².